The van der Waals surface area contributed by atoms with E-state index in [-0.39, 0.29) is 11.9 Å². The van der Waals surface area contributed by atoms with Gasteiger partial charge in [-0.3, -0.25) is 14.5 Å². The number of benzene rings is 2. The molecule has 12 nitrogen and oxygen atoms in total. The van der Waals surface area contributed by atoms with Crippen molar-refractivity contribution in [1.82, 2.24) is 19.8 Å². The van der Waals surface area contributed by atoms with Crippen LogP contribution in [0.1, 0.15) is 30.9 Å². The van der Waals surface area contributed by atoms with E-state index < -0.39 is 0 Å². The van der Waals surface area contributed by atoms with E-state index >= 15 is 0 Å². The standard InChI is InChI=1S/C34H44N8O4/c1-5-34(43)38-27-20-28(31(45-4)21-30(27)41-12-9-25(10-13-41)40-16-14-39(2)15-17-40)37-32-22-33(36-23-35-32)42-29(11-18-46-42)24-7-6-8-26(19-24)44-3/h5-8,19-23,25,29H,1,9-18H2,2-4H3,(H,38,43)(H,35,36,37)/t29-/m1/s1. The molecule has 3 fully saturated rings. The number of nitrogens with one attached hydrogen (secondary N) is 2. The maximum Gasteiger partial charge on any atom is 0.247 e. The molecule has 3 saturated heterocycles. The summed E-state index contributed by atoms with van der Waals surface area (Å²) in [6.45, 7) is 10.5. The SMILES string of the molecule is C=CC(=O)Nc1cc(Nc2cc(N3OCC[C@@H]3c3cccc(OC)c3)ncn2)c(OC)cc1N1CCC(N2CCN(C)CC2)CC1. The minimum atomic E-state index is -0.274. The molecule has 1 atom stereocenters. The summed E-state index contributed by atoms with van der Waals surface area (Å²) in [7, 11) is 5.50. The van der Waals surface area contributed by atoms with Gasteiger partial charge in [0.05, 0.1) is 43.9 Å². The summed E-state index contributed by atoms with van der Waals surface area (Å²) < 4.78 is 11.3. The quantitative estimate of drug-likeness (QED) is 0.311. The maximum absolute atomic E-state index is 12.5. The Morgan fingerprint density at radius 1 is 0.978 bits per heavy atom. The van der Waals surface area contributed by atoms with Gasteiger partial charge in [-0.05, 0) is 49.7 Å². The van der Waals surface area contributed by atoms with Gasteiger partial charge in [0.25, 0.3) is 0 Å². The zero-order valence-corrected chi connectivity index (χ0v) is 26.9. The number of amides is 1. The first-order chi connectivity index (χ1) is 22.4. The highest BCUT2D eigenvalue weighted by Gasteiger charge is 2.31. The number of hydrogen-bond acceptors (Lipinski definition) is 11. The summed E-state index contributed by atoms with van der Waals surface area (Å²) in [5.41, 5.74) is 3.34. The topological polar surface area (TPSA) is 108 Å². The van der Waals surface area contributed by atoms with Gasteiger partial charge in [0.1, 0.15) is 23.6 Å². The maximum atomic E-state index is 12.5. The van der Waals surface area contributed by atoms with Crippen LogP contribution in [0, 0.1) is 0 Å². The average Bonchev–Trinajstić information content (AvgIpc) is 3.59. The van der Waals surface area contributed by atoms with Crippen LogP contribution in [0.2, 0.25) is 0 Å². The van der Waals surface area contributed by atoms with Gasteiger partial charge in [-0.15, -0.1) is 0 Å². The number of carbonyl (C=O) groups is 1. The smallest absolute Gasteiger partial charge is 0.247 e. The summed E-state index contributed by atoms with van der Waals surface area (Å²) in [4.78, 5) is 34.9. The molecule has 0 saturated carbocycles. The zero-order chi connectivity index (χ0) is 32.0. The van der Waals surface area contributed by atoms with Crippen LogP contribution in [0.4, 0.5) is 28.7 Å². The first kappa shape index (κ1) is 31.6. The molecule has 12 heteroatoms. The third-order valence-corrected chi connectivity index (χ3v) is 9.15. The average molecular weight is 629 g/mol. The fourth-order valence-electron chi connectivity index (χ4n) is 6.56. The van der Waals surface area contributed by atoms with Gasteiger partial charge < -0.3 is 29.9 Å². The number of aromatic nitrogens is 2. The summed E-state index contributed by atoms with van der Waals surface area (Å²) in [6, 6.07) is 14.3. The molecule has 0 radical (unpaired) electrons. The first-order valence-corrected chi connectivity index (χ1v) is 15.9. The van der Waals surface area contributed by atoms with Gasteiger partial charge in [0.15, 0.2) is 5.82 Å². The highest BCUT2D eigenvalue weighted by Crippen LogP contribution is 2.41. The van der Waals surface area contributed by atoms with Crippen molar-refractivity contribution in [2.24, 2.45) is 0 Å². The number of anilines is 5. The van der Waals surface area contributed by atoms with Gasteiger partial charge in [0.2, 0.25) is 5.91 Å². The molecule has 244 valence electrons. The molecular formula is C34H44N8O4. The van der Waals surface area contributed by atoms with Crippen molar-refractivity contribution < 1.29 is 19.1 Å². The van der Waals surface area contributed by atoms with Crippen LogP contribution in [-0.2, 0) is 9.63 Å². The molecule has 0 bridgehead atoms. The molecule has 2 aromatic carbocycles. The molecule has 1 aromatic heterocycles. The number of rotatable bonds is 10. The Morgan fingerprint density at radius 2 is 1.78 bits per heavy atom. The van der Waals surface area contributed by atoms with Crippen LogP contribution in [-0.4, -0.2) is 98.9 Å². The van der Waals surface area contributed by atoms with Gasteiger partial charge in [-0.25, -0.2) is 15.0 Å². The minimum Gasteiger partial charge on any atom is -0.497 e. The molecule has 0 unspecified atom stereocenters. The molecule has 4 heterocycles. The largest absolute Gasteiger partial charge is 0.497 e. The molecule has 2 N–H and O–H groups in total. The van der Waals surface area contributed by atoms with Crippen LogP contribution in [0.15, 0.2) is 61.4 Å². The second kappa shape index (κ2) is 14.4. The lowest BCUT2D eigenvalue weighted by molar-refractivity contribution is -0.111. The fraction of sp³-hybridized carbons (Fsp3) is 0.441. The predicted molar refractivity (Wildman–Crippen MR) is 180 cm³/mol. The van der Waals surface area contributed by atoms with E-state index in [1.165, 1.54) is 12.4 Å². The second-order valence-electron chi connectivity index (χ2n) is 11.9. The number of likely N-dealkylation sites (N-methyl/N-ethyl adjacent to an activating group) is 1. The number of piperidine rings is 1. The summed E-state index contributed by atoms with van der Waals surface area (Å²) in [5, 5.41) is 8.24. The van der Waals surface area contributed by atoms with Gasteiger partial charge in [-0.1, -0.05) is 18.7 Å². The van der Waals surface area contributed by atoms with Gasteiger partial charge >= 0.3 is 0 Å². The van der Waals surface area contributed by atoms with Crippen molar-refractivity contribution in [3.63, 3.8) is 0 Å². The lowest BCUT2D eigenvalue weighted by Gasteiger charge is -2.43. The van der Waals surface area contributed by atoms with Crippen LogP contribution >= 0.6 is 0 Å². The van der Waals surface area contributed by atoms with E-state index in [4.69, 9.17) is 14.3 Å². The summed E-state index contributed by atoms with van der Waals surface area (Å²) in [5.74, 6) is 2.35. The molecule has 0 spiro atoms. The lowest BCUT2D eigenvalue weighted by Crippen LogP contribution is -2.52. The Labute approximate surface area is 270 Å². The molecule has 6 rings (SSSR count). The Morgan fingerprint density at radius 3 is 2.52 bits per heavy atom. The van der Waals surface area contributed by atoms with Crippen LogP contribution < -0.4 is 30.1 Å². The van der Waals surface area contributed by atoms with E-state index in [0.29, 0.717) is 41.4 Å². The summed E-state index contributed by atoms with van der Waals surface area (Å²) >= 11 is 0. The molecule has 0 aliphatic carbocycles. The number of nitrogens with zero attached hydrogens (tertiary/aromatic N) is 6. The van der Waals surface area contributed by atoms with Crippen molar-refractivity contribution >= 4 is 34.6 Å². The Kier molecular flexibility index (Phi) is 9.86. The van der Waals surface area contributed by atoms with Crippen molar-refractivity contribution in [2.45, 2.75) is 31.3 Å². The van der Waals surface area contributed by atoms with E-state index in [1.54, 1.807) is 14.2 Å². The van der Waals surface area contributed by atoms with Crippen LogP contribution in [0.3, 0.4) is 0 Å². The second-order valence-corrected chi connectivity index (χ2v) is 11.9. The molecule has 3 aliphatic rings. The Balaban J connectivity index is 1.22. The van der Waals surface area contributed by atoms with E-state index in [2.05, 4.69) is 55.0 Å². The van der Waals surface area contributed by atoms with Crippen LogP contribution in [0.25, 0.3) is 0 Å². The first-order valence-electron chi connectivity index (χ1n) is 15.9. The van der Waals surface area contributed by atoms with Gasteiger partial charge in [-0.2, -0.15) is 0 Å². The number of piperazine rings is 1. The number of hydrogen-bond donors (Lipinski definition) is 2. The van der Waals surface area contributed by atoms with Crippen molar-refractivity contribution in [3.8, 4) is 11.5 Å². The highest BCUT2D eigenvalue weighted by atomic mass is 16.7. The predicted octanol–water partition coefficient (Wildman–Crippen LogP) is 4.46. The normalized spacial score (nSPS) is 19.6. The van der Waals surface area contributed by atoms with Crippen molar-refractivity contribution in [1.29, 1.82) is 0 Å². The van der Waals surface area contributed by atoms with Crippen LogP contribution in [0.5, 0.6) is 11.5 Å². The number of hydroxylamine groups is 1. The molecule has 46 heavy (non-hydrogen) atoms. The third-order valence-electron chi connectivity index (χ3n) is 9.15. The third kappa shape index (κ3) is 7.04. The molecular weight excluding hydrogens is 584 g/mol. The Hall–Kier alpha value is -4.39. The number of ether oxygens (including phenoxy) is 2. The molecule has 3 aliphatic heterocycles. The number of carbonyl (C=O) groups excluding carboxylic acids is 1. The minimum absolute atomic E-state index is 0.0206. The monoisotopic (exact) mass is 628 g/mol. The van der Waals surface area contributed by atoms with E-state index in [9.17, 15) is 4.79 Å². The Bertz CT molecular complexity index is 1520. The number of methoxy groups -OCH3 is 2. The highest BCUT2D eigenvalue weighted by molar-refractivity contribution is 6.02. The van der Waals surface area contributed by atoms with Crippen molar-refractivity contribution in [3.05, 3.63) is 67.0 Å². The van der Waals surface area contributed by atoms with Gasteiger partial charge in [0, 0.05) is 63.9 Å². The fourth-order valence-corrected chi connectivity index (χ4v) is 6.56. The lowest BCUT2D eigenvalue weighted by atomic mass is 10.0. The van der Waals surface area contributed by atoms with Crippen molar-refractivity contribution in [2.75, 3.05) is 87.7 Å². The van der Waals surface area contributed by atoms with E-state index in [0.717, 1.165) is 75.5 Å². The molecule has 3 aromatic rings. The zero-order valence-electron chi connectivity index (χ0n) is 26.9. The summed E-state index contributed by atoms with van der Waals surface area (Å²) in [6.07, 6.45) is 5.74. The van der Waals surface area contributed by atoms with E-state index in [1.807, 2.05) is 41.5 Å². The molecule has 1 amide bonds.